The van der Waals surface area contributed by atoms with Crippen molar-refractivity contribution in [2.45, 2.75) is 50.8 Å². The van der Waals surface area contributed by atoms with Gasteiger partial charge in [-0.05, 0) is 24.5 Å². The van der Waals surface area contributed by atoms with Gasteiger partial charge in [0.1, 0.15) is 15.0 Å². The molecular formula is C15H23NaO5S. The molecule has 0 heterocycles. The van der Waals surface area contributed by atoms with E-state index in [1.54, 1.807) is 6.07 Å². The summed E-state index contributed by atoms with van der Waals surface area (Å²) in [6, 6.07) is 5.64. The van der Waals surface area contributed by atoms with Crippen molar-refractivity contribution in [3.05, 3.63) is 24.3 Å². The largest absolute Gasteiger partial charge is 1.00 e. The Balaban J connectivity index is 0.00000441. The molecule has 0 saturated carbocycles. The van der Waals surface area contributed by atoms with Crippen molar-refractivity contribution in [1.29, 1.82) is 0 Å². The molecule has 0 N–H and O–H groups in total. The van der Waals surface area contributed by atoms with Crippen LogP contribution < -0.4 is 34.4 Å². The number of hydrogen-bond donors (Lipinski definition) is 0. The number of para-hydroxylation sites is 1. The SMILES string of the molecule is CC(C)CCCCCCOOc1ccccc1S(=O)(=O)[O-].[Na+]. The van der Waals surface area contributed by atoms with Crippen molar-refractivity contribution in [3.63, 3.8) is 0 Å². The van der Waals surface area contributed by atoms with E-state index in [9.17, 15) is 13.0 Å². The molecular weight excluding hydrogens is 315 g/mol. The molecule has 1 aromatic rings. The van der Waals surface area contributed by atoms with Crippen LogP contribution in [0, 0.1) is 5.92 Å². The summed E-state index contributed by atoms with van der Waals surface area (Å²) in [5.41, 5.74) is 0. The number of benzene rings is 1. The zero-order chi connectivity index (χ0) is 15.7. The molecule has 7 heteroatoms. The minimum Gasteiger partial charge on any atom is -0.744 e. The summed E-state index contributed by atoms with van der Waals surface area (Å²) in [4.78, 5) is 9.51. The van der Waals surface area contributed by atoms with Crippen molar-refractivity contribution in [1.82, 2.24) is 0 Å². The van der Waals surface area contributed by atoms with Crippen LogP contribution in [-0.4, -0.2) is 19.6 Å². The first-order valence-corrected chi connectivity index (χ1v) is 8.66. The van der Waals surface area contributed by atoms with Crippen molar-refractivity contribution < 1.29 is 52.3 Å². The Kier molecular flexibility index (Phi) is 11.4. The van der Waals surface area contributed by atoms with E-state index in [1.165, 1.54) is 31.0 Å². The van der Waals surface area contributed by atoms with E-state index in [0.717, 1.165) is 25.2 Å². The van der Waals surface area contributed by atoms with Gasteiger partial charge in [-0.3, -0.25) is 0 Å². The van der Waals surface area contributed by atoms with Gasteiger partial charge in [-0.2, -0.15) is 4.89 Å². The Morgan fingerprint density at radius 3 is 2.36 bits per heavy atom. The van der Waals surface area contributed by atoms with Crippen LogP contribution in [0.1, 0.15) is 46.0 Å². The van der Waals surface area contributed by atoms with Crippen molar-refractivity contribution in [2.24, 2.45) is 5.92 Å². The summed E-state index contributed by atoms with van der Waals surface area (Å²) in [6.45, 7) is 4.78. The second kappa shape index (κ2) is 11.4. The summed E-state index contributed by atoms with van der Waals surface area (Å²) >= 11 is 0. The van der Waals surface area contributed by atoms with Gasteiger partial charge in [-0.1, -0.05) is 51.7 Å². The molecule has 0 aliphatic carbocycles. The van der Waals surface area contributed by atoms with Crippen molar-refractivity contribution in [2.75, 3.05) is 6.61 Å². The van der Waals surface area contributed by atoms with Crippen molar-refractivity contribution >= 4 is 10.1 Å². The first-order valence-electron chi connectivity index (χ1n) is 7.25. The summed E-state index contributed by atoms with van der Waals surface area (Å²) in [6.07, 6.45) is 5.46. The normalized spacial score (nSPS) is 11.3. The van der Waals surface area contributed by atoms with E-state index < -0.39 is 15.0 Å². The molecule has 0 radical (unpaired) electrons. The monoisotopic (exact) mass is 338 g/mol. The average Bonchev–Trinajstić information content (AvgIpc) is 2.41. The Bertz CT molecular complexity index is 516. The molecule has 0 saturated heterocycles. The first-order chi connectivity index (χ1) is 9.91. The Morgan fingerprint density at radius 1 is 1.09 bits per heavy atom. The molecule has 0 bridgehead atoms. The molecule has 5 nitrogen and oxygen atoms in total. The predicted octanol–water partition coefficient (Wildman–Crippen LogP) is 0.512. The fraction of sp³-hybridized carbons (Fsp3) is 0.600. The molecule has 0 aliphatic rings. The maximum absolute atomic E-state index is 11.0. The predicted molar refractivity (Wildman–Crippen MR) is 78.9 cm³/mol. The Hall–Kier alpha value is -0.110. The second-order valence-electron chi connectivity index (χ2n) is 5.40. The van der Waals surface area contributed by atoms with E-state index in [1.807, 2.05) is 0 Å². The van der Waals surface area contributed by atoms with E-state index in [-0.39, 0.29) is 35.3 Å². The van der Waals surface area contributed by atoms with Crippen LogP contribution in [-0.2, 0) is 15.0 Å². The standard InChI is InChI=1S/C15H24O5S.Na/c1-13(2)9-5-3-4-8-12-19-20-14-10-6-7-11-15(14)21(16,17)18;/h6-7,10-11,13H,3-5,8-9,12H2,1-2H3,(H,16,17,18);/q;+1/p-1. The molecule has 1 rings (SSSR count). The molecule has 1 aromatic carbocycles. The molecule has 0 aliphatic heterocycles. The molecule has 0 fully saturated rings. The van der Waals surface area contributed by atoms with Gasteiger partial charge in [0, 0.05) is 0 Å². The number of hydrogen-bond acceptors (Lipinski definition) is 5. The third-order valence-corrected chi connectivity index (χ3v) is 3.90. The summed E-state index contributed by atoms with van der Waals surface area (Å²) in [5.74, 6) is 0.669. The van der Waals surface area contributed by atoms with Gasteiger partial charge in [-0.15, -0.1) is 0 Å². The molecule has 0 atom stereocenters. The Morgan fingerprint density at radius 2 is 1.73 bits per heavy atom. The molecule has 0 unspecified atom stereocenters. The smallest absolute Gasteiger partial charge is 0.744 e. The summed E-state index contributed by atoms with van der Waals surface area (Å²) in [7, 11) is -4.55. The quantitative estimate of drug-likeness (QED) is 0.204. The second-order valence-corrected chi connectivity index (χ2v) is 6.75. The average molecular weight is 338 g/mol. The van der Waals surface area contributed by atoms with Gasteiger partial charge < -0.3 is 9.44 Å². The first kappa shape index (κ1) is 21.9. The molecule has 0 aromatic heterocycles. The zero-order valence-corrected chi connectivity index (χ0v) is 16.4. The van der Waals surface area contributed by atoms with Crippen LogP contribution in [0.25, 0.3) is 0 Å². The van der Waals surface area contributed by atoms with E-state index >= 15 is 0 Å². The van der Waals surface area contributed by atoms with E-state index in [0.29, 0.717) is 6.61 Å². The Labute approximate surface area is 155 Å². The van der Waals surface area contributed by atoms with Gasteiger partial charge in [0.25, 0.3) is 0 Å². The molecule has 120 valence electrons. The van der Waals surface area contributed by atoms with Crippen LogP contribution in [0.2, 0.25) is 0 Å². The van der Waals surface area contributed by atoms with Crippen LogP contribution in [0.5, 0.6) is 5.75 Å². The van der Waals surface area contributed by atoms with Crippen LogP contribution >= 0.6 is 0 Å². The molecule has 0 spiro atoms. The van der Waals surface area contributed by atoms with Crippen LogP contribution in [0.4, 0.5) is 0 Å². The fourth-order valence-corrected chi connectivity index (χ4v) is 2.49. The van der Waals surface area contributed by atoms with Crippen LogP contribution in [0.3, 0.4) is 0 Å². The topological polar surface area (TPSA) is 75.7 Å². The number of rotatable bonds is 10. The minimum atomic E-state index is -4.55. The van der Waals surface area contributed by atoms with Gasteiger partial charge in [-0.25, -0.2) is 8.42 Å². The zero-order valence-electron chi connectivity index (χ0n) is 13.6. The summed E-state index contributed by atoms with van der Waals surface area (Å²) in [5, 5.41) is 0. The van der Waals surface area contributed by atoms with E-state index in [2.05, 4.69) is 13.8 Å². The third-order valence-electron chi connectivity index (χ3n) is 3.03. The molecule has 22 heavy (non-hydrogen) atoms. The molecule has 0 amide bonds. The summed E-state index contributed by atoms with van der Waals surface area (Å²) < 4.78 is 33.1. The van der Waals surface area contributed by atoms with Crippen molar-refractivity contribution in [3.8, 4) is 5.75 Å². The van der Waals surface area contributed by atoms with Crippen LogP contribution in [0.15, 0.2) is 29.2 Å². The maximum atomic E-state index is 11.0. The minimum absolute atomic E-state index is 0. The third kappa shape index (κ3) is 9.12. The maximum Gasteiger partial charge on any atom is 1.00 e. The van der Waals surface area contributed by atoms with Gasteiger partial charge >= 0.3 is 29.6 Å². The van der Waals surface area contributed by atoms with Gasteiger partial charge in [0.15, 0.2) is 5.75 Å². The fourth-order valence-electron chi connectivity index (χ4n) is 1.90. The van der Waals surface area contributed by atoms with Gasteiger partial charge in [0.2, 0.25) is 0 Å². The van der Waals surface area contributed by atoms with E-state index in [4.69, 9.17) is 9.78 Å². The number of unbranched alkanes of at least 4 members (excludes halogenated alkanes) is 3. The van der Waals surface area contributed by atoms with Gasteiger partial charge in [0.05, 0.1) is 6.61 Å².